The fraction of sp³-hybridized carbons (Fsp3) is 0.481. The molecule has 0 heterocycles. The Kier molecular flexibility index (Phi) is 11.2. The highest BCUT2D eigenvalue weighted by Crippen LogP contribution is 2.23. The van der Waals surface area contributed by atoms with Gasteiger partial charge in [0.1, 0.15) is 6.04 Å². The first-order valence-corrected chi connectivity index (χ1v) is 14.6. The number of carbonyl (C=O) groups excluding carboxylic acids is 2. The topological polar surface area (TPSA) is 86.8 Å². The Morgan fingerprint density at radius 3 is 2.28 bits per heavy atom. The van der Waals surface area contributed by atoms with Crippen molar-refractivity contribution in [3.05, 3.63) is 64.7 Å². The molecule has 0 unspecified atom stereocenters. The molecule has 0 aliphatic heterocycles. The molecule has 0 spiro atoms. The number of hydrogen-bond donors (Lipinski definition) is 1. The van der Waals surface area contributed by atoms with E-state index in [1.165, 1.54) is 4.31 Å². The van der Waals surface area contributed by atoms with E-state index in [1.54, 1.807) is 29.2 Å². The fourth-order valence-corrected chi connectivity index (χ4v) is 5.03. The van der Waals surface area contributed by atoms with Crippen molar-refractivity contribution in [2.75, 3.05) is 17.1 Å². The fourth-order valence-electron chi connectivity index (χ4n) is 3.89. The van der Waals surface area contributed by atoms with Gasteiger partial charge in [0, 0.05) is 30.6 Å². The van der Waals surface area contributed by atoms with Crippen LogP contribution in [-0.4, -0.2) is 50.0 Å². The second-order valence-electron chi connectivity index (χ2n) is 9.17. The van der Waals surface area contributed by atoms with Crippen LogP contribution >= 0.6 is 11.6 Å². The predicted octanol–water partition coefficient (Wildman–Crippen LogP) is 4.92. The lowest BCUT2D eigenvalue weighted by molar-refractivity contribution is -0.141. The molecule has 9 heteroatoms. The van der Waals surface area contributed by atoms with E-state index >= 15 is 0 Å². The van der Waals surface area contributed by atoms with Crippen LogP contribution in [0.4, 0.5) is 5.69 Å². The van der Waals surface area contributed by atoms with E-state index in [-0.39, 0.29) is 30.8 Å². The first kappa shape index (κ1) is 29.6. The first-order chi connectivity index (χ1) is 17.0. The average Bonchev–Trinajstić information content (AvgIpc) is 2.81. The zero-order chi connectivity index (χ0) is 26.9. The molecule has 2 atom stereocenters. The van der Waals surface area contributed by atoms with E-state index in [2.05, 4.69) is 5.32 Å². The quantitative estimate of drug-likeness (QED) is 0.394. The lowest BCUT2D eigenvalue weighted by Gasteiger charge is -2.32. The van der Waals surface area contributed by atoms with Crippen LogP contribution in [0.3, 0.4) is 0 Å². The number of sulfonamides is 1. The molecule has 7 nitrogen and oxygen atoms in total. The summed E-state index contributed by atoms with van der Waals surface area (Å²) < 4.78 is 26.1. The zero-order valence-corrected chi connectivity index (χ0v) is 23.4. The van der Waals surface area contributed by atoms with Gasteiger partial charge in [-0.1, -0.05) is 61.3 Å². The molecular weight excluding hydrogens is 498 g/mol. The van der Waals surface area contributed by atoms with Crippen molar-refractivity contribution < 1.29 is 18.0 Å². The second-order valence-corrected chi connectivity index (χ2v) is 11.5. The number of nitrogens with one attached hydrogen (secondary N) is 1. The zero-order valence-electron chi connectivity index (χ0n) is 21.8. The molecular formula is C27H38ClN3O4S. The number of aryl methyl sites for hydroxylation is 1. The normalized spacial score (nSPS) is 13.1. The minimum atomic E-state index is -3.57. The van der Waals surface area contributed by atoms with E-state index in [9.17, 15) is 18.0 Å². The molecule has 0 saturated carbocycles. The maximum absolute atomic E-state index is 13.5. The van der Waals surface area contributed by atoms with Crippen LogP contribution in [0.15, 0.2) is 48.5 Å². The van der Waals surface area contributed by atoms with E-state index < -0.39 is 16.1 Å². The van der Waals surface area contributed by atoms with Gasteiger partial charge in [-0.3, -0.25) is 13.9 Å². The van der Waals surface area contributed by atoms with Crippen LogP contribution in [0.1, 0.15) is 57.6 Å². The number of benzene rings is 2. The van der Waals surface area contributed by atoms with Gasteiger partial charge >= 0.3 is 0 Å². The second kappa shape index (κ2) is 13.7. The maximum Gasteiger partial charge on any atom is 0.243 e. The summed E-state index contributed by atoms with van der Waals surface area (Å²) in [5.41, 5.74) is 2.49. The molecule has 0 aliphatic carbocycles. The Hall–Kier alpha value is -2.58. The highest BCUT2D eigenvalue weighted by Gasteiger charge is 2.29. The van der Waals surface area contributed by atoms with Crippen molar-refractivity contribution in [1.29, 1.82) is 0 Å². The number of halogens is 1. The van der Waals surface area contributed by atoms with Gasteiger partial charge in [0.25, 0.3) is 0 Å². The maximum atomic E-state index is 13.5. The predicted molar refractivity (Wildman–Crippen MR) is 147 cm³/mol. The third-order valence-corrected chi connectivity index (χ3v) is 7.54. The largest absolute Gasteiger partial charge is 0.352 e. The van der Waals surface area contributed by atoms with Crippen LogP contribution in [0.2, 0.25) is 5.02 Å². The Labute approximate surface area is 220 Å². The molecule has 0 bridgehead atoms. The van der Waals surface area contributed by atoms with E-state index in [0.29, 0.717) is 30.1 Å². The highest BCUT2D eigenvalue weighted by atomic mass is 35.5. The van der Waals surface area contributed by atoms with Gasteiger partial charge in [-0.05, 0) is 56.9 Å². The molecule has 198 valence electrons. The number of rotatable bonds is 13. The van der Waals surface area contributed by atoms with Gasteiger partial charge in [-0.2, -0.15) is 0 Å². The van der Waals surface area contributed by atoms with Gasteiger partial charge in [0.15, 0.2) is 0 Å². The lowest BCUT2D eigenvalue weighted by atomic mass is 10.1. The number of hydrogen-bond acceptors (Lipinski definition) is 4. The van der Waals surface area contributed by atoms with Crippen molar-refractivity contribution in [2.24, 2.45) is 0 Å². The summed E-state index contributed by atoms with van der Waals surface area (Å²) in [6.45, 7) is 8.24. The summed E-state index contributed by atoms with van der Waals surface area (Å²) >= 11 is 6.06. The highest BCUT2D eigenvalue weighted by molar-refractivity contribution is 7.92. The molecule has 2 aromatic carbocycles. The number of anilines is 1. The summed E-state index contributed by atoms with van der Waals surface area (Å²) in [5, 5.41) is 3.43. The Morgan fingerprint density at radius 1 is 1.06 bits per heavy atom. The lowest BCUT2D eigenvalue weighted by Crippen LogP contribution is -2.50. The van der Waals surface area contributed by atoms with Gasteiger partial charge in [-0.25, -0.2) is 8.42 Å². The number of amides is 2. The van der Waals surface area contributed by atoms with Crippen molar-refractivity contribution in [3.8, 4) is 0 Å². The van der Waals surface area contributed by atoms with Crippen LogP contribution in [0, 0.1) is 6.92 Å². The van der Waals surface area contributed by atoms with Crippen LogP contribution in [0.5, 0.6) is 0 Å². The van der Waals surface area contributed by atoms with Crippen molar-refractivity contribution in [2.45, 2.75) is 72.0 Å². The molecule has 0 aliphatic rings. The summed E-state index contributed by atoms with van der Waals surface area (Å²) in [6.07, 6.45) is 2.79. The van der Waals surface area contributed by atoms with Crippen molar-refractivity contribution in [3.63, 3.8) is 0 Å². The van der Waals surface area contributed by atoms with Gasteiger partial charge in [0.05, 0.1) is 11.9 Å². The third kappa shape index (κ3) is 8.82. The minimum absolute atomic E-state index is 0.00360. The molecule has 0 saturated heterocycles. The summed E-state index contributed by atoms with van der Waals surface area (Å²) in [6, 6.07) is 13.9. The molecule has 1 N–H and O–H groups in total. The number of carbonyl (C=O) groups is 2. The molecule has 2 rings (SSSR count). The molecule has 2 amide bonds. The van der Waals surface area contributed by atoms with Crippen molar-refractivity contribution >= 4 is 39.1 Å². The SMILES string of the molecule is CC[C@H](C(=O)N[C@@H](C)CC)N(Cc1ccc(C)cc1)C(=O)CCCN(c1cccc(Cl)c1)S(C)(=O)=O. The Morgan fingerprint density at radius 2 is 1.72 bits per heavy atom. The molecule has 2 aromatic rings. The molecule has 0 radical (unpaired) electrons. The summed E-state index contributed by atoms with van der Waals surface area (Å²) in [7, 11) is -3.57. The first-order valence-electron chi connectivity index (χ1n) is 12.3. The van der Waals surface area contributed by atoms with E-state index in [4.69, 9.17) is 11.6 Å². The summed E-state index contributed by atoms with van der Waals surface area (Å²) in [5.74, 6) is -0.370. The van der Waals surface area contributed by atoms with Crippen molar-refractivity contribution in [1.82, 2.24) is 10.2 Å². The monoisotopic (exact) mass is 535 g/mol. The van der Waals surface area contributed by atoms with E-state index in [0.717, 1.165) is 23.8 Å². The summed E-state index contributed by atoms with van der Waals surface area (Å²) in [4.78, 5) is 28.1. The molecule has 0 fully saturated rings. The minimum Gasteiger partial charge on any atom is -0.352 e. The third-order valence-electron chi connectivity index (χ3n) is 6.11. The van der Waals surface area contributed by atoms with Crippen LogP contribution in [-0.2, 0) is 26.2 Å². The van der Waals surface area contributed by atoms with Gasteiger partial charge in [-0.15, -0.1) is 0 Å². The molecule has 36 heavy (non-hydrogen) atoms. The standard InChI is InChI=1S/C27H38ClN3O4S/c1-6-21(4)29-27(33)25(7-2)30(19-22-15-13-20(3)14-16-22)26(32)12-9-17-31(36(5,34)35)24-11-8-10-23(28)18-24/h8,10-11,13-16,18,21,25H,6-7,9,12,17,19H2,1-5H3,(H,29,33)/t21-,25+/m0/s1. The van der Waals surface area contributed by atoms with Gasteiger partial charge < -0.3 is 10.2 Å². The van der Waals surface area contributed by atoms with Gasteiger partial charge in [0.2, 0.25) is 21.8 Å². The van der Waals surface area contributed by atoms with Crippen LogP contribution in [0.25, 0.3) is 0 Å². The van der Waals surface area contributed by atoms with E-state index in [1.807, 2.05) is 52.0 Å². The molecule has 0 aromatic heterocycles. The smallest absolute Gasteiger partial charge is 0.243 e. The van der Waals surface area contributed by atoms with Crippen LogP contribution < -0.4 is 9.62 Å². The number of nitrogens with zero attached hydrogens (tertiary/aromatic N) is 2. The average molecular weight is 536 g/mol. The Balaban J connectivity index is 2.22. The Bertz CT molecular complexity index is 1120.